The highest BCUT2D eigenvalue weighted by molar-refractivity contribution is 5.97. The average molecular weight is 747 g/mol. The largest absolute Gasteiger partial charge is 0.497 e. The van der Waals surface area contributed by atoms with Crippen LogP contribution in [0.15, 0.2) is 54.7 Å². The Bertz CT molecular complexity index is 1880. The molecule has 5 atom stereocenters. The van der Waals surface area contributed by atoms with Gasteiger partial charge in [0.05, 0.1) is 26.7 Å². The van der Waals surface area contributed by atoms with Crippen LogP contribution in [0.1, 0.15) is 43.9 Å². The van der Waals surface area contributed by atoms with Crippen LogP contribution in [0, 0.1) is 5.92 Å². The molecule has 5 rings (SSSR count). The molecule has 2 fully saturated rings. The molecule has 2 aliphatic rings. The normalized spacial score (nSPS) is 23.3. The lowest BCUT2D eigenvalue weighted by atomic mass is 10.0. The number of carbonyl (C=O) groups excluding carboxylic acids is 7. The van der Waals surface area contributed by atoms with Crippen LogP contribution in [-0.2, 0) is 40.0 Å². The number of aliphatic hydroxyl groups is 1. The number of amides is 7. The zero-order valence-electron chi connectivity index (χ0n) is 30.3. The number of rotatable bonds is 6. The maximum atomic E-state index is 14.2. The first-order valence-electron chi connectivity index (χ1n) is 17.7. The lowest BCUT2D eigenvalue weighted by Gasteiger charge is -2.29. The third-order valence-electron chi connectivity index (χ3n) is 9.48. The van der Waals surface area contributed by atoms with Crippen LogP contribution < -0.4 is 36.6 Å². The summed E-state index contributed by atoms with van der Waals surface area (Å²) in [6.45, 7) is 1.84. The maximum absolute atomic E-state index is 14.2. The number of benzene rings is 2. The molecule has 288 valence electrons. The van der Waals surface area contributed by atoms with E-state index in [1.807, 2.05) is 24.3 Å². The Morgan fingerprint density at radius 2 is 1.37 bits per heavy atom. The van der Waals surface area contributed by atoms with Crippen molar-refractivity contribution in [3.63, 3.8) is 0 Å². The molecule has 3 aromatic rings. The van der Waals surface area contributed by atoms with Crippen LogP contribution in [-0.4, -0.2) is 114 Å². The second kappa shape index (κ2) is 17.7. The predicted octanol–water partition coefficient (Wildman–Crippen LogP) is -1.08. The van der Waals surface area contributed by atoms with Gasteiger partial charge in [-0.25, -0.2) is 0 Å². The van der Waals surface area contributed by atoms with Gasteiger partial charge in [0.15, 0.2) is 0 Å². The molecule has 0 saturated carbocycles. The van der Waals surface area contributed by atoms with Crippen LogP contribution in [0.2, 0.25) is 0 Å². The Morgan fingerprint density at radius 1 is 0.778 bits per heavy atom. The highest BCUT2D eigenvalue weighted by Crippen LogP contribution is 2.24. The molecule has 0 spiro atoms. The van der Waals surface area contributed by atoms with Gasteiger partial charge in [0.2, 0.25) is 41.4 Å². The molecule has 7 amide bonds. The second-order valence-electron chi connectivity index (χ2n) is 13.6. The fourth-order valence-corrected chi connectivity index (χ4v) is 6.57. The smallest absolute Gasteiger partial charge is 0.246 e. The quantitative estimate of drug-likeness (QED) is 0.153. The molecule has 0 bridgehead atoms. The van der Waals surface area contributed by atoms with E-state index in [1.54, 1.807) is 32.2 Å². The standard InChI is InChI=1S/C37H46N8O9/c1-20(2)31-35(51)40-19-30(48)44-32(33(49)21-10-12-23(54-3)13-11-21)36(52)41-17-28(46)42-26(15-22-16-38-25-8-5-4-7-24(22)25)37(53)45-14-6-9-27(45)34(50)39-18-29(47)43-31/h4-5,7-8,10-13,16,20,26-27,31-33,38,49H,6,9,14-15,17-19H2,1-3H3,(H,39,50)(H,40,51)(H,41,52)(H,42,46)(H,43,47)(H,44,48)/t26-,27-,31-,32-,33?/m0/s1. The van der Waals surface area contributed by atoms with Crippen LogP contribution in [0.3, 0.4) is 0 Å². The van der Waals surface area contributed by atoms with Crippen molar-refractivity contribution in [2.45, 2.75) is 63.4 Å². The Balaban J connectivity index is 1.44. The molecule has 0 radical (unpaired) electrons. The molecular weight excluding hydrogens is 700 g/mol. The number of carbonyl (C=O) groups is 7. The van der Waals surface area contributed by atoms with Crippen molar-refractivity contribution in [3.05, 3.63) is 65.9 Å². The van der Waals surface area contributed by atoms with Crippen molar-refractivity contribution < 1.29 is 43.4 Å². The van der Waals surface area contributed by atoms with Crippen molar-refractivity contribution >= 4 is 52.3 Å². The summed E-state index contributed by atoms with van der Waals surface area (Å²) in [5.41, 5.74) is 1.78. The topological polar surface area (TPSA) is 240 Å². The zero-order chi connectivity index (χ0) is 38.9. The fraction of sp³-hybridized carbons (Fsp3) is 0.432. The van der Waals surface area contributed by atoms with Gasteiger partial charge in [0.25, 0.3) is 0 Å². The first kappa shape index (κ1) is 39.2. The lowest BCUT2D eigenvalue weighted by Crippen LogP contribution is -2.56. The third kappa shape index (κ3) is 9.52. The summed E-state index contributed by atoms with van der Waals surface area (Å²) in [6, 6.07) is 8.73. The average Bonchev–Trinajstić information content (AvgIpc) is 3.83. The summed E-state index contributed by atoms with van der Waals surface area (Å²) in [4.78, 5) is 98.2. The summed E-state index contributed by atoms with van der Waals surface area (Å²) >= 11 is 0. The first-order chi connectivity index (χ1) is 25.9. The minimum absolute atomic E-state index is 0.0439. The molecule has 1 aromatic heterocycles. The summed E-state index contributed by atoms with van der Waals surface area (Å²) in [7, 11) is 1.46. The van der Waals surface area contributed by atoms with Crippen molar-refractivity contribution in [3.8, 4) is 5.75 Å². The molecular formula is C37H46N8O9. The van der Waals surface area contributed by atoms with Gasteiger partial charge < -0.3 is 51.6 Å². The Kier molecular flexibility index (Phi) is 12.9. The molecule has 1 unspecified atom stereocenters. The summed E-state index contributed by atoms with van der Waals surface area (Å²) in [6.07, 6.45) is 0.993. The molecule has 17 heteroatoms. The van der Waals surface area contributed by atoms with Gasteiger partial charge in [0.1, 0.15) is 36.0 Å². The molecule has 3 heterocycles. The lowest BCUT2D eigenvalue weighted by molar-refractivity contribution is -0.141. The van der Waals surface area contributed by atoms with Gasteiger partial charge in [-0.1, -0.05) is 44.2 Å². The summed E-state index contributed by atoms with van der Waals surface area (Å²) in [5, 5.41) is 27.2. The van der Waals surface area contributed by atoms with E-state index in [1.165, 1.54) is 24.1 Å². The second-order valence-corrected chi connectivity index (χ2v) is 13.6. The number of aliphatic hydroxyl groups excluding tert-OH is 1. The van der Waals surface area contributed by atoms with E-state index in [-0.39, 0.29) is 18.5 Å². The Labute approximate surface area is 311 Å². The monoisotopic (exact) mass is 746 g/mol. The highest BCUT2D eigenvalue weighted by Gasteiger charge is 2.39. The number of methoxy groups -OCH3 is 1. The van der Waals surface area contributed by atoms with Gasteiger partial charge in [-0.2, -0.15) is 0 Å². The van der Waals surface area contributed by atoms with Crippen molar-refractivity contribution in [1.82, 2.24) is 41.8 Å². The fourth-order valence-electron chi connectivity index (χ4n) is 6.57. The van der Waals surface area contributed by atoms with Gasteiger partial charge in [-0.3, -0.25) is 33.6 Å². The number of hydrogen-bond acceptors (Lipinski definition) is 9. The van der Waals surface area contributed by atoms with Gasteiger partial charge in [0, 0.05) is 30.1 Å². The van der Waals surface area contributed by atoms with Crippen LogP contribution >= 0.6 is 0 Å². The molecule has 54 heavy (non-hydrogen) atoms. The van der Waals surface area contributed by atoms with E-state index in [0.717, 1.165) is 16.5 Å². The Morgan fingerprint density at radius 3 is 2.02 bits per heavy atom. The van der Waals surface area contributed by atoms with E-state index in [9.17, 15) is 38.7 Å². The number of H-pyrrole nitrogens is 1. The number of aromatic amines is 1. The Hall–Kier alpha value is -5.97. The number of aromatic nitrogens is 1. The zero-order valence-corrected chi connectivity index (χ0v) is 30.3. The summed E-state index contributed by atoms with van der Waals surface area (Å²) < 4.78 is 5.17. The van der Waals surface area contributed by atoms with Gasteiger partial charge in [-0.05, 0) is 48.1 Å². The number of para-hydroxylation sites is 1. The minimum Gasteiger partial charge on any atom is -0.497 e. The van der Waals surface area contributed by atoms with E-state index in [4.69, 9.17) is 4.74 Å². The predicted molar refractivity (Wildman–Crippen MR) is 194 cm³/mol. The summed E-state index contributed by atoms with van der Waals surface area (Å²) in [5.74, 6) is -4.96. The number of ether oxygens (including phenoxy) is 1. The molecule has 0 aliphatic carbocycles. The van der Waals surface area contributed by atoms with Crippen LogP contribution in [0.4, 0.5) is 0 Å². The number of nitrogens with zero attached hydrogens (tertiary/aromatic N) is 1. The molecule has 17 nitrogen and oxygen atoms in total. The van der Waals surface area contributed by atoms with Crippen LogP contribution in [0.25, 0.3) is 10.9 Å². The number of hydrogen-bond donors (Lipinski definition) is 8. The van der Waals surface area contributed by atoms with Crippen molar-refractivity contribution in [1.29, 1.82) is 0 Å². The van der Waals surface area contributed by atoms with Crippen molar-refractivity contribution in [2.75, 3.05) is 33.3 Å². The van der Waals surface area contributed by atoms with Crippen molar-refractivity contribution in [2.24, 2.45) is 5.92 Å². The highest BCUT2D eigenvalue weighted by atomic mass is 16.5. The molecule has 8 N–H and O–H groups in total. The molecule has 2 aromatic carbocycles. The van der Waals surface area contributed by atoms with Gasteiger partial charge in [-0.15, -0.1) is 0 Å². The van der Waals surface area contributed by atoms with Crippen LogP contribution in [0.5, 0.6) is 5.75 Å². The maximum Gasteiger partial charge on any atom is 0.246 e. The van der Waals surface area contributed by atoms with E-state index >= 15 is 0 Å². The molecule has 2 saturated heterocycles. The van der Waals surface area contributed by atoms with E-state index < -0.39 is 97.2 Å². The minimum atomic E-state index is -1.63. The van der Waals surface area contributed by atoms with Gasteiger partial charge >= 0.3 is 0 Å². The number of fused-ring (bicyclic) bond motifs is 2. The third-order valence-corrected chi connectivity index (χ3v) is 9.48. The number of nitrogens with one attached hydrogen (secondary N) is 7. The van der Waals surface area contributed by atoms with E-state index in [0.29, 0.717) is 18.6 Å². The SMILES string of the molecule is COc1ccc(C(O)[C@@H]2NC(=O)CNC(=O)[C@H](C(C)C)NC(=O)CNC(=O)[C@@H]3CCCN3C(=O)[C@H](Cc3c[nH]c4ccccc34)NC(=O)CNC2=O)cc1. The first-order valence-corrected chi connectivity index (χ1v) is 17.7. The van der Waals surface area contributed by atoms with E-state index in [2.05, 4.69) is 36.9 Å². The molecule has 2 aliphatic heterocycles.